The van der Waals surface area contributed by atoms with Gasteiger partial charge in [0.1, 0.15) is 16.4 Å². The molecule has 0 bridgehead atoms. The molecule has 0 unspecified atom stereocenters. The van der Waals surface area contributed by atoms with Crippen LogP contribution < -0.4 is 14.2 Å². The summed E-state index contributed by atoms with van der Waals surface area (Å²) < 4.78 is 37.4. The number of benzene rings is 1. The third kappa shape index (κ3) is 2.44. The number of nitrogens with one attached hydrogen (secondary N) is 1. The first-order chi connectivity index (χ1) is 8.49. The minimum absolute atomic E-state index is 0.0714. The monoisotopic (exact) mass is 271 g/mol. The molecule has 1 fully saturated rings. The number of rotatable bonds is 5. The summed E-state index contributed by atoms with van der Waals surface area (Å²) in [6.07, 6.45) is 1.80. The second kappa shape index (κ2) is 4.78. The molecule has 0 amide bonds. The third-order valence-corrected chi connectivity index (χ3v) is 4.48. The maximum Gasteiger partial charge on any atom is 0.244 e. The summed E-state index contributed by atoms with van der Waals surface area (Å²) in [6, 6.07) is 3.22. The van der Waals surface area contributed by atoms with Gasteiger partial charge in [0.15, 0.2) is 0 Å². The van der Waals surface area contributed by atoms with Gasteiger partial charge in [0.25, 0.3) is 0 Å². The fraction of sp³-hybridized carbons (Fsp3) is 0.500. The van der Waals surface area contributed by atoms with E-state index in [-0.39, 0.29) is 10.9 Å². The Hall–Kier alpha value is -1.27. The molecule has 18 heavy (non-hydrogen) atoms. The first-order valence-electron chi connectivity index (χ1n) is 5.73. The first kappa shape index (κ1) is 13.2. The smallest absolute Gasteiger partial charge is 0.244 e. The second-order valence-electron chi connectivity index (χ2n) is 4.32. The number of hydrogen-bond donors (Lipinski definition) is 1. The molecule has 1 aromatic carbocycles. The van der Waals surface area contributed by atoms with E-state index >= 15 is 0 Å². The zero-order valence-corrected chi connectivity index (χ0v) is 11.5. The minimum atomic E-state index is -3.52. The largest absolute Gasteiger partial charge is 0.496 e. The summed E-state index contributed by atoms with van der Waals surface area (Å²) >= 11 is 0. The predicted octanol–water partition coefficient (Wildman–Crippen LogP) is 1.45. The van der Waals surface area contributed by atoms with E-state index in [4.69, 9.17) is 9.47 Å². The van der Waals surface area contributed by atoms with Crippen LogP contribution >= 0.6 is 0 Å². The summed E-state index contributed by atoms with van der Waals surface area (Å²) in [6.45, 7) is 1.77. The Morgan fingerprint density at radius 2 is 1.89 bits per heavy atom. The Balaban J connectivity index is 2.46. The summed E-state index contributed by atoms with van der Waals surface area (Å²) in [4.78, 5) is 0.162. The van der Waals surface area contributed by atoms with E-state index in [1.807, 2.05) is 0 Å². The van der Waals surface area contributed by atoms with E-state index in [1.54, 1.807) is 20.1 Å². The van der Waals surface area contributed by atoms with Gasteiger partial charge in [-0.05, 0) is 31.9 Å². The average molecular weight is 271 g/mol. The average Bonchev–Trinajstić information content (AvgIpc) is 3.11. The minimum Gasteiger partial charge on any atom is -0.496 e. The van der Waals surface area contributed by atoms with Gasteiger partial charge in [-0.2, -0.15) is 0 Å². The van der Waals surface area contributed by atoms with Crippen LogP contribution in [0.5, 0.6) is 11.5 Å². The molecule has 5 nitrogen and oxygen atoms in total. The van der Waals surface area contributed by atoms with Gasteiger partial charge in [0.2, 0.25) is 10.0 Å². The Morgan fingerprint density at radius 3 is 2.39 bits per heavy atom. The first-order valence-corrected chi connectivity index (χ1v) is 7.22. The molecular formula is C12H17NO4S. The van der Waals surface area contributed by atoms with Crippen LogP contribution in [-0.4, -0.2) is 28.7 Å². The lowest BCUT2D eigenvalue weighted by Gasteiger charge is -2.14. The van der Waals surface area contributed by atoms with Crippen molar-refractivity contribution in [1.82, 2.24) is 4.72 Å². The standard InChI is InChI=1S/C12H17NO4S/c1-8-10(16-2)6-7-11(12(8)17-3)18(14,15)13-9-4-5-9/h6-7,9,13H,4-5H2,1-3H3. The molecule has 0 heterocycles. The lowest BCUT2D eigenvalue weighted by atomic mass is 10.2. The molecule has 1 aliphatic carbocycles. The van der Waals surface area contributed by atoms with Crippen molar-refractivity contribution in [2.45, 2.75) is 30.7 Å². The van der Waals surface area contributed by atoms with Crippen LogP contribution in [0.4, 0.5) is 0 Å². The van der Waals surface area contributed by atoms with Gasteiger partial charge in [-0.25, -0.2) is 13.1 Å². The van der Waals surface area contributed by atoms with Gasteiger partial charge >= 0.3 is 0 Å². The molecule has 0 radical (unpaired) electrons. The van der Waals surface area contributed by atoms with E-state index < -0.39 is 10.0 Å². The van der Waals surface area contributed by atoms with Crippen LogP contribution in [0.2, 0.25) is 0 Å². The van der Waals surface area contributed by atoms with Crippen molar-refractivity contribution in [3.63, 3.8) is 0 Å². The number of methoxy groups -OCH3 is 2. The highest BCUT2D eigenvalue weighted by molar-refractivity contribution is 7.89. The van der Waals surface area contributed by atoms with Crippen LogP contribution in [0, 0.1) is 6.92 Å². The van der Waals surface area contributed by atoms with Crippen molar-refractivity contribution in [2.75, 3.05) is 14.2 Å². The molecule has 2 rings (SSSR count). The van der Waals surface area contributed by atoms with E-state index in [9.17, 15) is 8.42 Å². The summed E-state index contributed by atoms with van der Waals surface area (Å²) in [5.41, 5.74) is 0.679. The van der Waals surface area contributed by atoms with Crippen molar-refractivity contribution in [2.24, 2.45) is 0 Å². The van der Waals surface area contributed by atoms with E-state index in [1.165, 1.54) is 13.2 Å². The highest BCUT2D eigenvalue weighted by atomic mass is 32.2. The van der Waals surface area contributed by atoms with Crippen molar-refractivity contribution in [3.8, 4) is 11.5 Å². The molecule has 1 aromatic rings. The van der Waals surface area contributed by atoms with Gasteiger partial charge in [-0.15, -0.1) is 0 Å². The molecule has 1 aliphatic rings. The molecule has 0 aromatic heterocycles. The zero-order valence-electron chi connectivity index (χ0n) is 10.7. The van der Waals surface area contributed by atoms with Gasteiger partial charge in [0, 0.05) is 11.6 Å². The fourth-order valence-corrected chi connectivity index (χ4v) is 3.35. The molecule has 1 N–H and O–H groups in total. The zero-order chi connectivity index (χ0) is 13.3. The maximum atomic E-state index is 12.2. The van der Waals surface area contributed by atoms with Crippen LogP contribution in [0.25, 0.3) is 0 Å². The van der Waals surface area contributed by atoms with Gasteiger partial charge < -0.3 is 9.47 Å². The van der Waals surface area contributed by atoms with E-state index in [0.29, 0.717) is 17.1 Å². The SMILES string of the molecule is COc1ccc(S(=O)(=O)NC2CC2)c(OC)c1C. The summed E-state index contributed by atoms with van der Waals surface area (Å²) in [7, 11) is -0.521. The molecular weight excluding hydrogens is 254 g/mol. The van der Waals surface area contributed by atoms with Crippen LogP contribution in [0.1, 0.15) is 18.4 Å². The lowest BCUT2D eigenvalue weighted by molar-refractivity contribution is 0.380. The molecule has 0 saturated heterocycles. The highest BCUT2D eigenvalue weighted by Crippen LogP contribution is 2.34. The van der Waals surface area contributed by atoms with Crippen LogP contribution in [0.3, 0.4) is 0 Å². The number of hydrogen-bond acceptors (Lipinski definition) is 4. The van der Waals surface area contributed by atoms with Crippen molar-refractivity contribution in [3.05, 3.63) is 17.7 Å². The van der Waals surface area contributed by atoms with Crippen LogP contribution in [0.15, 0.2) is 17.0 Å². The van der Waals surface area contributed by atoms with E-state index in [2.05, 4.69) is 4.72 Å². The summed E-state index contributed by atoms with van der Waals surface area (Å²) in [5.74, 6) is 0.944. The van der Waals surface area contributed by atoms with Crippen molar-refractivity contribution < 1.29 is 17.9 Å². The molecule has 0 aliphatic heterocycles. The lowest BCUT2D eigenvalue weighted by Crippen LogP contribution is -2.26. The van der Waals surface area contributed by atoms with E-state index in [0.717, 1.165) is 12.8 Å². The Morgan fingerprint density at radius 1 is 1.22 bits per heavy atom. The Labute approximate surface area is 107 Å². The molecule has 0 spiro atoms. The van der Waals surface area contributed by atoms with Crippen molar-refractivity contribution >= 4 is 10.0 Å². The molecule has 100 valence electrons. The Bertz CT molecular complexity index is 549. The number of sulfonamides is 1. The van der Waals surface area contributed by atoms with Crippen molar-refractivity contribution in [1.29, 1.82) is 0 Å². The molecule has 6 heteroatoms. The second-order valence-corrected chi connectivity index (χ2v) is 6.00. The third-order valence-electron chi connectivity index (χ3n) is 2.93. The quantitative estimate of drug-likeness (QED) is 0.880. The van der Waals surface area contributed by atoms with Crippen LogP contribution in [-0.2, 0) is 10.0 Å². The highest BCUT2D eigenvalue weighted by Gasteiger charge is 2.30. The fourth-order valence-electron chi connectivity index (χ4n) is 1.82. The molecule has 1 saturated carbocycles. The predicted molar refractivity (Wildman–Crippen MR) is 67.6 cm³/mol. The topological polar surface area (TPSA) is 64.6 Å². The maximum absolute atomic E-state index is 12.2. The normalized spacial score (nSPS) is 15.5. The summed E-state index contributed by atoms with van der Waals surface area (Å²) in [5, 5.41) is 0. The van der Waals surface area contributed by atoms with Gasteiger partial charge in [-0.1, -0.05) is 0 Å². The Kier molecular flexibility index (Phi) is 3.49. The number of ether oxygens (including phenoxy) is 2. The van der Waals surface area contributed by atoms with Gasteiger partial charge in [-0.3, -0.25) is 0 Å². The van der Waals surface area contributed by atoms with Gasteiger partial charge in [0.05, 0.1) is 14.2 Å². The molecule has 0 atom stereocenters.